The molecule has 2 aromatic carbocycles. The molecule has 2 aromatic rings. The van der Waals surface area contributed by atoms with Crippen LogP contribution in [0.25, 0.3) is 0 Å². The Labute approximate surface area is 191 Å². The van der Waals surface area contributed by atoms with Gasteiger partial charge in [-0.1, -0.05) is 63.6 Å². The summed E-state index contributed by atoms with van der Waals surface area (Å²) in [5.74, 6) is 0.765. The molecule has 1 unspecified atom stereocenters. The zero-order valence-corrected chi connectivity index (χ0v) is 19.7. The van der Waals surface area contributed by atoms with Crippen molar-refractivity contribution in [3.8, 4) is 5.75 Å². The third-order valence-corrected chi connectivity index (χ3v) is 4.71. The van der Waals surface area contributed by atoms with Gasteiger partial charge in [-0.25, -0.2) is 4.79 Å². The van der Waals surface area contributed by atoms with E-state index in [0.717, 1.165) is 36.4 Å². The quantitative estimate of drug-likeness (QED) is 0.443. The van der Waals surface area contributed by atoms with Gasteiger partial charge in [-0.2, -0.15) is 9.59 Å². The van der Waals surface area contributed by atoms with E-state index in [1.54, 1.807) is 0 Å². The fourth-order valence-electron chi connectivity index (χ4n) is 3.31. The van der Waals surface area contributed by atoms with Gasteiger partial charge in [0.1, 0.15) is 18.4 Å². The molecule has 174 valence electrons. The highest BCUT2D eigenvalue weighted by molar-refractivity contribution is 5.80. The zero-order valence-electron chi connectivity index (χ0n) is 19.7. The molecule has 0 amide bonds. The van der Waals surface area contributed by atoms with E-state index in [1.165, 1.54) is 0 Å². The van der Waals surface area contributed by atoms with Crippen molar-refractivity contribution in [2.75, 3.05) is 11.4 Å². The molecule has 0 aliphatic rings. The Balaban J connectivity index is 0.00000161. The Morgan fingerprint density at radius 1 is 1.00 bits per heavy atom. The smallest absolute Gasteiger partial charge is 0.373 e. The topological polar surface area (TPSA) is 72.9 Å². The van der Waals surface area contributed by atoms with Gasteiger partial charge in [0, 0.05) is 18.3 Å². The molecular weight excluding hydrogens is 406 g/mol. The molecule has 0 aliphatic carbocycles. The molecule has 0 aromatic heterocycles. The van der Waals surface area contributed by atoms with Gasteiger partial charge < -0.3 is 14.4 Å². The number of nitrogens with zero attached hydrogens (tertiary/aromatic N) is 1. The monoisotopic (exact) mass is 441 g/mol. The lowest BCUT2D eigenvalue weighted by Crippen LogP contribution is -2.47. The molecule has 0 N–H and O–H groups in total. The molecule has 0 saturated heterocycles. The van der Waals surface area contributed by atoms with Crippen LogP contribution in [0.15, 0.2) is 54.6 Å². The fourth-order valence-corrected chi connectivity index (χ4v) is 3.31. The lowest BCUT2D eigenvalue weighted by atomic mass is 10.0. The van der Waals surface area contributed by atoms with Crippen LogP contribution >= 0.6 is 0 Å². The van der Waals surface area contributed by atoms with E-state index in [2.05, 4.69) is 25.7 Å². The number of carbonyl (C=O) groups excluding carboxylic acids is 3. The number of carbonyl (C=O) groups is 1. The van der Waals surface area contributed by atoms with Crippen molar-refractivity contribution in [2.24, 2.45) is 5.92 Å². The van der Waals surface area contributed by atoms with Crippen LogP contribution in [0.5, 0.6) is 5.75 Å². The molecule has 0 bridgehead atoms. The van der Waals surface area contributed by atoms with Crippen molar-refractivity contribution >= 4 is 17.8 Å². The minimum absolute atomic E-state index is 0.127. The summed E-state index contributed by atoms with van der Waals surface area (Å²) in [6.07, 6.45) is 2.19. The molecule has 0 spiro atoms. The van der Waals surface area contributed by atoms with E-state index in [1.807, 2.05) is 68.4 Å². The summed E-state index contributed by atoms with van der Waals surface area (Å²) in [7, 11) is 0. The first-order valence-electron chi connectivity index (χ1n) is 11.1. The second kappa shape index (κ2) is 14.8. The van der Waals surface area contributed by atoms with Crippen molar-refractivity contribution in [1.29, 1.82) is 0 Å². The fraction of sp³-hybridized carbons (Fsp3) is 0.462. The van der Waals surface area contributed by atoms with Crippen molar-refractivity contribution in [1.82, 2.24) is 0 Å². The van der Waals surface area contributed by atoms with Crippen LogP contribution in [0.1, 0.15) is 53.0 Å². The average Bonchev–Trinajstić information content (AvgIpc) is 2.75. The van der Waals surface area contributed by atoms with Crippen LogP contribution in [0.3, 0.4) is 0 Å². The van der Waals surface area contributed by atoms with E-state index in [-0.39, 0.29) is 30.2 Å². The Morgan fingerprint density at radius 3 is 2.22 bits per heavy atom. The van der Waals surface area contributed by atoms with Crippen LogP contribution in [0, 0.1) is 5.92 Å². The van der Waals surface area contributed by atoms with E-state index in [0.29, 0.717) is 6.61 Å². The third-order valence-electron chi connectivity index (χ3n) is 4.71. The Hall–Kier alpha value is -3.11. The van der Waals surface area contributed by atoms with E-state index in [4.69, 9.17) is 19.1 Å². The number of esters is 1. The Kier molecular flexibility index (Phi) is 12.5. The van der Waals surface area contributed by atoms with Gasteiger partial charge in [0.15, 0.2) is 0 Å². The molecule has 0 aliphatic heterocycles. The molecule has 32 heavy (non-hydrogen) atoms. The largest absolute Gasteiger partial charge is 0.489 e. The lowest BCUT2D eigenvalue weighted by Gasteiger charge is -2.35. The van der Waals surface area contributed by atoms with Crippen molar-refractivity contribution < 1.29 is 23.9 Å². The summed E-state index contributed by atoms with van der Waals surface area (Å²) in [6, 6.07) is 17.8. The van der Waals surface area contributed by atoms with Crippen LogP contribution < -0.4 is 9.64 Å². The molecule has 1 atom stereocenters. The predicted molar refractivity (Wildman–Crippen MR) is 124 cm³/mol. The SMILES string of the molecule is CCCCN(c1cccc(OCc2ccccc2)c1)C(C(=O)OC(C)C)C(C)C.O=C=O. The number of rotatable bonds is 11. The minimum Gasteiger partial charge on any atom is -0.489 e. The molecule has 0 saturated carbocycles. The first kappa shape index (κ1) is 26.9. The van der Waals surface area contributed by atoms with Crippen molar-refractivity contribution in [3.05, 3.63) is 60.2 Å². The van der Waals surface area contributed by atoms with E-state index in [9.17, 15) is 4.79 Å². The number of unbranched alkanes of at least 4 members (excludes halogenated alkanes) is 1. The number of hydrogen-bond donors (Lipinski definition) is 0. The minimum atomic E-state index is -0.326. The van der Waals surface area contributed by atoms with Crippen LogP contribution in [-0.4, -0.2) is 30.8 Å². The standard InChI is InChI=1S/C25H35NO3.CO2/c1-6-7-16-26(24(19(2)3)25(27)29-20(4)5)22-14-11-15-23(17-22)28-18-21-12-9-8-10-13-21;2-1-3/h8-15,17,19-20,24H,6-7,16,18H2,1-5H3;. The maximum atomic E-state index is 12.9. The molecule has 0 heterocycles. The van der Waals surface area contributed by atoms with Gasteiger partial charge in [0.2, 0.25) is 0 Å². The summed E-state index contributed by atoms with van der Waals surface area (Å²) in [4.78, 5) is 31.3. The molecule has 0 fully saturated rings. The number of benzene rings is 2. The Bertz CT molecular complexity index is 829. The van der Waals surface area contributed by atoms with Crippen molar-refractivity contribution in [3.63, 3.8) is 0 Å². The first-order valence-corrected chi connectivity index (χ1v) is 11.1. The number of anilines is 1. The maximum Gasteiger partial charge on any atom is 0.373 e. The summed E-state index contributed by atoms with van der Waals surface area (Å²) in [6.45, 7) is 11.4. The molecule has 6 nitrogen and oxygen atoms in total. The van der Waals surface area contributed by atoms with Crippen LogP contribution in [0.4, 0.5) is 5.69 Å². The summed E-state index contributed by atoms with van der Waals surface area (Å²) in [5, 5.41) is 0. The second-order valence-electron chi connectivity index (χ2n) is 8.08. The third kappa shape index (κ3) is 9.36. The van der Waals surface area contributed by atoms with Gasteiger partial charge in [-0.05, 0) is 43.9 Å². The van der Waals surface area contributed by atoms with Gasteiger partial charge in [-0.15, -0.1) is 0 Å². The summed E-state index contributed by atoms with van der Waals surface area (Å²) < 4.78 is 11.6. The highest BCUT2D eigenvalue weighted by atomic mass is 16.5. The molecule has 0 radical (unpaired) electrons. The van der Waals surface area contributed by atoms with Gasteiger partial charge >= 0.3 is 12.1 Å². The first-order chi connectivity index (χ1) is 15.3. The summed E-state index contributed by atoms with van der Waals surface area (Å²) in [5.41, 5.74) is 2.12. The van der Waals surface area contributed by atoms with E-state index >= 15 is 0 Å². The Morgan fingerprint density at radius 2 is 1.66 bits per heavy atom. The zero-order chi connectivity index (χ0) is 23.9. The van der Waals surface area contributed by atoms with E-state index < -0.39 is 0 Å². The second-order valence-corrected chi connectivity index (χ2v) is 8.08. The average molecular weight is 442 g/mol. The number of ether oxygens (including phenoxy) is 2. The van der Waals surface area contributed by atoms with Crippen molar-refractivity contribution in [2.45, 2.75) is 66.2 Å². The molecule has 2 rings (SSSR count). The molecular formula is C26H35NO5. The van der Waals surface area contributed by atoms with Gasteiger partial charge in [-0.3, -0.25) is 0 Å². The maximum absolute atomic E-state index is 12.9. The highest BCUT2D eigenvalue weighted by Gasteiger charge is 2.31. The predicted octanol–water partition coefficient (Wildman–Crippen LogP) is 5.26. The molecule has 6 heteroatoms. The van der Waals surface area contributed by atoms with Gasteiger partial charge in [0.05, 0.1) is 6.10 Å². The normalized spacial score (nSPS) is 11.2. The van der Waals surface area contributed by atoms with Crippen LogP contribution in [0.2, 0.25) is 0 Å². The lowest BCUT2D eigenvalue weighted by molar-refractivity contribution is -0.191. The van der Waals surface area contributed by atoms with Gasteiger partial charge in [0.25, 0.3) is 0 Å². The summed E-state index contributed by atoms with van der Waals surface area (Å²) >= 11 is 0. The number of hydrogen-bond acceptors (Lipinski definition) is 6. The van der Waals surface area contributed by atoms with Crippen LogP contribution in [-0.2, 0) is 25.7 Å². The highest BCUT2D eigenvalue weighted by Crippen LogP contribution is 2.27.